The number of methoxy groups -OCH3 is 1. The maximum Gasteiger partial charge on any atom is 0.310 e. The molecular formula is C14H25NO5S. The first kappa shape index (κ1) is 16.7. The third-order valence-corrected chi connectivity index (χ3v) is 6.70. The van der Waals surface area contributed by atoms with E-state index in [0.717, 1.165) is 32.1 Å². The number of ether oxygens (including phenoxy) is 1. The van der Waals surface area contributed by atoms with Gasteiger partial charge < -0.3 is 9.84 Å². The molecule has 21 heavy (non-hydrogen) atoms. The Bertz CT molecular complexity index is 464. The number of rotatable bonds is 5. The van der Waals surface area contributed by atoms with E-state index in [1.165, 1.54) is 7.11 Å². The number of aliphatic hydroxyl groups excluding tert-OH is 1. The number of carbonyl (C=O) groups is 1. The summed E-state index contributed by atoms with van der Waals surface area (Å²) >= 11 is 0. The van der Waals surface area contributed by atoms with Gasteiger partial charge in [-0.05, 0) is 31.6 Å². The van der Waals surface area contributed by atoms with Crippen molar-refractivity contribution in [3.8, 4) is 0 Å². The average Bonchev–Trinajstić information content (AvgIpc) is 2.96. The summed E-state index contributed by atoms with van der Waals surface area (Å²) in [7, 11) is -2.26. The Morgan fingerprint density at radius 2 is 1.90 bits per heavy atom. The fourth-order valence-corrected chi connectivity index (χ4v) is 5.29. The van der Waals surface area contributed by atoms with Crippen LogP contribution in [-0.2, 0) is 19.6 Å². The van der Waals surface area contributed by atoms with Crippen molar-refractivity contribution in [3.05, 3.63) is 0 Å². The van der Waals surface area contributed by atoms with Crippen LogP contribution in [0.25, 0.3) is 0 Å². The van der Waals surface area contributed by atoms with Gasteiger partial charge in [0.1, 0.15) is 0 Å². The van der Waals surface area contributed by atoms with Crippen LogP contribution < -0.4 is 4.72 Å². The van der Waals surface area contributed by atoms with Crippen LogP contribution in [0.1, 0.15) is 44.9 Å². The van der Waals surface area contributed by atoms with E-state index in [1.807, 2.05) is 0 Å². The maximum absolute atomic E-state index is 12.4. The molecule has 2 saturated carbocycles. The first-order chi connectivity index (χ1) is 9.95. The van der Waals surface area contributed by atoms with E-state index in [0.29, 0.717) is 12.8 Å². The second-order valence-corrected chi connectivity index (χ2v) is 8.09. The minimum absolute atomic E-state index is 0.0218. The maximum atomic E-state index is 12.4. The van der Waals surface area contributed by atoms with Gasteiger partial charge >= 0.3 is 5.97 Å². The molecular weight excluding hydrogens is 294 g/mol. The van der Waals surface area contributed by atoms with Crippen LogP contribution in [-0.4, -0.2) is 44.5 Å². The largest absolute Gasteiger partial charge is 0.469 e. The summed E-state index contributed by atoms with van der Waals surface area (Å²) in [6.45, 7) is 0.258. The van der Waals surface area contributed by atoms with Crippen molar-refractivity contribution in [2.45, 2.75) is 56.3 Å². The molecule has 0 spiro atoms. The summed E-state index contributed by atoms with van der Waals surface area (Å²) in [5, 5.41) is 9.20. The molecule has 0 aliphatic heterocycles. The van der Waals surface area contributed by atoms with E-state index in [9.17, 15) is 18.3 Å². The van der Waals surface area contributed by atoms with Crippen molar-refractivity contribution in [2.75, 3.05) is 13.7 Å². The number of hydrogen-bond donors (Lipinski definition) is 2. The third-order valence-electron chi connectivity index (χ3n) is 4.77. The fraction of sp³-hybridized carbons (Fsp3) is 0.929. The Balaban J connectivity index is 1.96. The Morgan fingerprint density at radius 3 is 2.57 bits per heavy atom. The van der Waals surface area contributed by atoms with Gasteiger partial charge in [-0.25, -0.2) is 13.1 Å². The van der Waals surface area contributed by atoms with Gasteiger partial charge in [0.2, 0.25) is 10.0 Å². The van der Waals surface area contributed by atoms with Crippen molar-refractivity contribution < 1.29 is 23.1 Å². The van der Waals surface area contributed by atoms with Gasteiger partial charge in [0.05, 0.1) is 24.4 Å². The molecule has 4 unspecified atom stereocenters. The number of hydrogen-bond acceptors (Lipinski definition) is 5. The summed E-state index contributed by atoms with van der Waals surface area (Å²) < 4.78 is 32.1. The topological polar surface area (TPSA) is 92.7 Å². The number of aliphatic hydroxyl groups is 1. The monoisotopic (exact) mass is 319 g/mol. The lowest BCUT2D eigenvalue weighted by atomic mass is 9.87. The van der Waals surface area contributed by atoms with E-state index in [4.69, 9.17) is 4.74 Å². The number of carbonyl (C=O) groups excluding carboxylic acids is 1. The molecule has 4 atom stereocenters. The molecule has 122 valence electrons. The molecule has 0 aromatic heterocycles. The van der Waals surface area contributed by atoms with Crippen LogP contribution in [0.2, 0.25) is 0 Å². The van der Waals surface area contributed by atoms with E-state index in [-0.39, 0.29) is 12.5 Å². The van der Waals surface area contributed by atoms with E-state index in [2.05, 4.69) is 4.72 Å². The third kappa shape index (κ3) is 3.96. The zero-order chi connectivity index (χ0) is 15.5. The highest BCUT2D eigenvalue weighted by Gasteiger charge is 2.42. The van der Waals surface area contributed by atoms with E-state index < -0.39 is 33.3 Å². The standard InChI is InChI=1S/C14H25NO5S/c1-20-14(17)11-6-4-8-13(11)21(18,19)15-9-10-5-2-3-7-12(10)16/h10-13,15-16H,2-9H2,1H3. The molecule has 6 nitrogen and oxygen atoms in total. The molecule has 0 aromatic rings. The van der Waals surface area contributed by atoms with Crippen LogP contribution in [0.5, 0.6) is 0 Å². The molecule has 0 radical (unpaired) electrons. The summed E-state index contributed by atoms with van der Waals surface area (Å²) in [5.74, 6) is -1.03. The van der Waals surface area contributed by atoms with Gasteiger partial charge in [-0.3, -0.25) is 4.79 Å². The SMILES string of the molecule is COC(=O)C1CCCC1S(=O)(=O)NCC1CCCCC1O. The molecule has 2 rings (SSSR count). The first-order valence-corrected chi connectivity index (χ1v) is 9.24. The highest BCUT2D eigenvalue weighted by molar-refractivity contribution is 7.90. The molecule has 2 aliphatic carbocycles. The Kier molecular flexibility index (Phi) is 5.62. The normalized spacial score (nSPS) is 33.8. The number of sulfonamides is 1. The minimum atomic E-state index is -3.55. The van der Waals surface area contributed by atoms with Crippen LogP contribution in [0.3, 0.4) is 0 Å². The first-order valence-electron chi connectivity index (χ1n) is 7.70. The molecule has 2 fully saturated rings. The van der Waals surface area contributed by atoms with Crippen LogP contribution in [0.4, 0.5) is 0 Å². The van der Waals surface area contributed by atoms with Crippen molar-refractivity contribution in [3.63, 3.8) is 0 Å². The van der Waals surface area contributed by atoms with Crippen LogP contribution in [0, 0.1) is 11.8 Å². The molecule has 2 aliphatic rings. The molecule has 2 N–H and O–H groups in total. The highest BCUT2D eigenvalue weighted by Crippen LogP contribution is 2.32. The molecule has 7 heteroatoms. The zero-order valence-corrected chi connectivity index (χ0v) is 13.3. The second-order valence-electron chi connectivity index (χ2n) is 6.10. The van der Waals surface area contributed by atoms with Crippen molar-refractivity contribution in [1.29, 1.82) is 0 Å². The Morgan fingerprint density at radius 1 is 1.19 bits per heavy atom. The highest BCUT2D eigenvalue weighted by atomic mass is 32.2. The molecule has 0 saturated heterocycles. The van der Waals surface area contributed by atoms with Crippen molar-refractivity contribution in [1.82, 2.24) is 4.72 Å². The summed E-state index contributed by atoms with van der Waals surface area (Å²) in [6, 6.07) is 0. The molecule has 0 heterocycles. The van der Waals surface area contributed by atoms with Gasteiger partial charge in [0.15, 0.2) is 0 Å². The Labute approximate surface area is 126 Å². The molecule has 0 bridgehead atoms. The summed E-state index contributed by atoms with van der Waals surface area (Å²) in [4.78, 5) is 11.7. The van der Waals surface area contributed by atoms with Crippen molar-refractivity contribution in [2.24, 2.45) is 11.8 Å². The smallest absolute Gasteiger partial charge is 0.310 e. The van der Waals surface area contributed by atoms with Gasteiger partial charge in [-0.15, -0.1) is 0 Å². The number of nitrogens with one attached hydrogen (secondary N) is 1. The minimum Gasteiger partial charge on any atom is -0.469 e. The molecule has 0 aromatic carbocycles. The predicted octanol–water partition coefficient (Wildman–Crippen LogP) is 0.799. The average molecular weight is 319 g/mol. The molecule has 0 amide bonds. The van der Waals surface area contributed by atoms with Gasteiger partial charge in [-0.1, -0.05) is 19.3 Å². The van der Waals surface area contributed by atoms with Crippen LogP contribution >= 0.6 is 0 Å². The van der Waals surface area contributed by atoms with E-state index in [1.54, 1.807) is 0 Å². The quantitative estimate of drug-likeness (QED) is 0.731. The lowest BCUT2D eigenvalue weighted by Crippen LogP contribution is -2.43. The van der Waals surface area contributed by atoms with Gasteiger partial charge in [0.25, 0.3) is 0 Å². The zero-order valence-electron chi connectivity index (χ0n) is 12.5. The lowest BCUT2D eigenvalue weighted by Gasteiger charge is -2.28. The lowest BCUT2D eigenvalue weighted by molar-refractivity contribution is -0.145. The van der Waals surface area contributed by atoms with E-state index >= 15 is 0 Å². The van der Waals surface area contributed by atoms with Crippen LogP contribution in [0.15, 0.2) is 0 Å². The van der Waals surface area contributed by atoms with Gasteiger partial charge in [0, 0.05) is 6.54 Å². The number of esters is 1. The predicted molar refractivity (Wildman–Crippen MR) is 78.0 cm³/mol. The summed E-state index contributed by atoms with van der Waals surface area (Å²) in [6.07, 6.45) is 4.94. The summed E-state index contributed by atoms with van der Waals surface area (Å²) in [5.41, 5.74) is 0. The fourth-order valence-electron chi connectivity index (χ4n) is 3.47. The Hall–Kier alpha value is -0.660. The van der Waals surface area contributed by atoms with Gasteiger partial charge in [-0.2, -0.15) is 0 Å². The second kappa shape index (κ2) is 7.07. The van der Waals surface area contributed by atoms with Crippen molar-refractivity contribution >= 4 is 16.0 Å².